The van der Waals surface area contributed by atoms with Gasteiger partial charge in [0.25, 0.3) is 0 Å². The van der Waals surface area contributed by atoms with Gasteiger partial charge in [-0.3, -0.25) is 4.79 Å². The first kappa shape index (κ1) is 13.1. The summed E-state index contributed by atoms with van der Waals surface area (Å²) in [5.41, 5.74) is 1.24. The van der Waals surface area contributed by atoms with Gasteiger partial charge in [0.05, 0.1) is 5.25 Å². The molecule has 16 heavy (non-hydrogen) atoms. The molecule has 0 aromatic heterocycles. The number of hydrogen-bond acceptors (Lipinski definition) is 2. The van der Waals surface area contributed by atoms with E-state index >= 15 is 0 Å². The van der Waals surface area contributed by atoms with Crippen molar-refractivity contribution >= 4 is 17.7 Å². The highest BCUT2D eigenvalue weighted by molar-refractivity contribution is 8.00. The molecule has 0 saturated heterocycles. The van der Waals surface area contributed by atoms with Crippen LogP contribution in [0.15, 0.2) is 29.2 Å². The van der Waals surface area contributed by atoms with E-state index in [2.05, 4.69) is 36.5 Å². The molecule has 0 bridgehead atoms. The van der Waals surface area contributed by atoms with Crippen LogP contribution in [0.25, 0.3) is 0 Å². The predicted molar refractivity (Wildman–Crippen MR) is 69.8 cm³/mol. The molecule has 1 atom stereocenters. The van der Waals surface area contributed by atoms with Gasteiger partial charge in [0, 0.05) is 10.9 Å². The highest BCUT2D eigenvalue weighted by Gasteiger charge is 2.14. The molecule has 0 heterocycles. The van der Waals surface area contributed by atoms with Gasteiger partial charge in [0.1, 0.15) is 0 Å². The van der Waals surface area contributed by atoms with Crippen LogP contribution >= 0.6 is 11.8 Å². The Morgan fingerprint density at radius 2 is 1.75 bits per heavy atom. The van der Waals surface area contributed by atoms with Crippen molar-refractivity contribution in [2.45, 2.75) is 43.9 Å². The first-order valence-corrected chi connectivity index (χ1v) is 6.40. The third kappa shape index (κ3) is 4.27. The maximum Gasteiger partial charge on any atom is 0.233 e. The Hall–Kier alpha value is -0.960. The fourth-order valence-electron chi connectivity index (χ4n) is 1.28. The van der Waals surface area contributed by atoms with Crippen molar-refractivity contribution in [3.8, 4) is 0 Å². The van der Waals surface area contributed by atoms with Gasteiger partial charge in [-0.1, -0.05) is 17.7 Å². The molecule has 1 N–H and O–H groups in total. The van der Waals surface area contributed by atoms with E-state index in [0.29, 0.717) is 0 Å². The molecule has 1 aromatic rings. The maximum atomic E-state index is 11.7. The second kappa shape index (κ2) is 5.94. The Labute approximate surface area is 102 Å². The van der Waals surface area contributed by atoms with Gasteiger partial charge in [0.2, 0.25) is 5.91 Å². The summed E-state index contributed by atoms with van der Waals surface area (Å²) in [5, 5.41) is 2.86. The SMILES string of the molecule is Cc1ccc(S[C@H](C)C(=O)NC(C)C)cc1. The Morgan fingerprint density at radius 1 is 1.19 bits per heavy atom. The zero-order valence-electron chi connectivity index (χ0n) is 10.3. The minimum atomic E-state index is -0.0508. The zero-order valence-corrected chi connectivity index (χ0v) is 11.1. The van der Waals surface area contributed by atoms with Crippen LogP contribution < -0.4 is 5.32 Å². The average molecular weight is 237 g/mol. The van der Waals surface area contributed by atoms with Crippen molar-refractivity contribution in [3.05, 3.63) is 29.8 Å². The van der Waals surface area contributed by atoms with E-state index < -0.39 is 0 Å². The summed E-state index contributed by atoms with van der Waals surface area (Å²) in [5.74, 6) is 0.0978. The Kier molecular flexibility index (Phi) is 4.87. The number of hydrogen-bond donors (Lipinski definition) is 1. The molecule has 88 valence electrons. The molecule has 1 amide bonds. The summed E-state index contributed by atoms with van der Waals surface area (Å²) in [6, 6.07) is 8.44. The number of carbonyl (C=O) groups is 1. The first-order valence-electron chi connectivity index (χ1n) is 5.52. The van der Waals surface area contributed by atoms with Crippen LogP contribution in [-0.2, 0) is 4.79 Å². The summed E-state index contributed by atoms with van der Waals surface area (Å²) in [4.78, 5) is 12.8. The molecular formula is C13H19NOS. The highest BCUT2D eigenvalue weighted by atomic mass is 32.2. The van der Waals surface area contributed by atoms with Crippen molar-refractivity contribution in [3.63, 3.8) is 0 Å². The smallest absolute Gasteiger partial charge is 0.233 e. The normalized spacial score (nSPS) is 12.6. The molecule has 0 aliphatic carbocycles. The number of nitrogens with one attached hydrogen (secondary N) is 1. The molecule has 1 aromatic carbocycles. The fraction of sp³-hybridized carbons (Fsp3) is 0.462. The van der Waals surface area contributed by atoms with E-state index in [4.69, 9.17) is 0 Å². The Bertz CT molecular complexity index is 345. The van der Waals surface area contributed by atoms with E-state index in [1.807, 2.05) is 20.8 Å². The van der Waals surface area contributed by atoms with Crippen LogP contribution in [0.3, 0.4) is 0 Å². The number of benzene rings is 1. The Morgan fingerprint density at radius 3 is 2.25 bits per heavy atom. The van der Waals surface area contributed by atoms with E-state index in [1.165, 1.54) is 5.56 Å². The largest absolute Gasteiger partial charge is 0.353 e. The predicted octanol–water partition coefficient (Wildman–Crippen LogP) is 3.00. The van der Waals surface area contributed by atoms with Crippen molar-refractivity contribution in [2.75, 3.05) is 0 Å². The van der Waals surface area contributed by atoms with Gasteiger partial charge in [-0.2, -0.15) is 0 Å². The number of rotatable bonds is 4. The van der Waals surface area contributed by atoms with Crippen molar-refractivity contribution in [1.82, 2.24) is 5.32 Å². The molecule has 2 nitrogen and oxygen atoms in total. The number of thioether (sulfide) groups is 1. The lowest BCUT2D eigenvalue weighted by molar-refractivity contribution is -0.120. The molecule has 0 fully saturated rings. The first-order chi connectivity index (χ1) is 7.49. The van der Waals surface area contributed by atoms with Gasteiger partial charge in [0.15, 0.2) is 0 Å². The van der Waals surface area contributed by atoms with E-state index in [1.54, 1.807) is 11.8 Å². The van der Waals surface area contributed by atoms with Gasteiger partial charge in [-0.05, 0) is 39.8 Å². The van der Waals surface area contributed by atoms with Crippen molar-refractivity contribution < 1.29 is 4.79 Å². The molecule has 1 rings (SSSR count). The number of carbonyl (C=O) groups excluding carboxylic acids is 1. The topological polar surface area (TPSA) is 29.1 Å². The lowest BCUT2D eigenvalue weighted by Crippen LogP contribution is -2.35. The van der Waals surface area contributed by atoms with Gasteiger partial charge < -0.3 is 5.32 Å². The van der Waals surface area contributed by atoms with E-state index in [0.717, 1.165) is 4.90 Å². The fourth-order valence-corrected chi connectivity index (χ4v) is 2.15. The molecule has 0 spiro atoms. The highest BCUT2D eigenvalue weighted by Crippen LogP contribution is 2.23. The average Bonchev–Trinajstić information content (AvgIpc) is 2.20. The molecule has 3 heteroatoms. The molecule has 0 radical (unpaired) electrons. The summed E-state index contributed by atoms with van der Waals surface area (Å²) in [6.07, 6.45) is 0. The zero-order chi connectivity index (χ0) is 12.1. The van der Waals surface area contributed by atoms with Crippen LogP contribution in [0.5, 0.6) is 0 Å². The third-order valence-electron chi connectivity index (χ3n) is 2.13. The van der Waals surface area contributed by atoms with Gasteiger partial charge >= 0.3 is 0 Å². The summed E-state index contributed by atoms with van der Waals surface area (Å²) < 4.78 is 0. The van der Waals surface area contributed by atoms with Gasteiger partial charge in [-0.15, -0.1) is 11.8 Å². The van der Waals surface area contributed by atoms with Crippen LogP contribution in [-0.4, -0.2) is 17.2 Å². The van der Waals surface area contributed by atoms with Crippen molar-refractivity contribution in [2.24, 2.45) is 0 Å². The molecular weight excluding hydrogens is 218 g/mol. The lowest BCUT2D eigenvalue weighted by Gasteiger charge is -2.14. The summed E-state index contributed by atoms with van der Waals surface area (Å²) in [7, 11) is 0. The second-order valence-electron chi connectivity index (χ2n) is 4.24. The lowest BCUT2D eigenvalue weighted by atomic mass is 10.2. The summed E-state index contributed by atoms with van der Waals surface area (Å²) >= 11 is 1.59. The summed E-state index contributed by atoms with van der Waals surface area (Å²) in [6.45, 7) is 7.94. The molecule has 0 saturated carbocycles. The van der Waals surface area contributed by atoms with Gasteiger partial charge in [-0.25, -0.2) is 0 Å². The minimum Gasteiger partial charge on any atom is -0.353 e. The number of aryl methyl sites for hydroxylation is 1. The van der Waals surface area contributed by atoms with E-state index in [-0.39, 0.29) is 17.2 Å². The minimum absolute atomic E-state index is 0.0508. The molecule has 0 aliphatic rings. The van der Waals surface area contributed by atoms with Crippen LogP contribution in [0.1, 0.15) is 26.3 Å². The van der Waals surface area contributed by atoms with Crippen LogP contribution in [0.4, 0.5) is 0 Å². The number of amides is 1. The van der Waals surface area contributed by atoms with Crippen LogP contribution in [0, 0.1) is 6.92 Å². The van der Waals surface area contributed by atoms with E-state index in [9.17, 15) is 4.79 Å². The monoisotopic (exact) mass is 237 g/mol. The second-order valence-corrected chi connectivity index (χ2v) is 5.65. The van der Waals surface area contributed by atoms with Crippen molar-refractivity contribution in [1.29, 1.82) is 0 Å². The third-order valence-corrected chi connectivity index (χ3v) is 3.25. The standard InChI is InChI=1S/C13H19NOS/c1-9(2)14-13(15)11(4)16-12-7-5-10(3)6-8-12/h5-9,11H,1-4H3,(H,14,15)/t11-/m1/s1. The van der Waals surface area contributed by atoms with Crippen LogP contribution in [0.2, 0.25) is 0 Å². The quantitative estimate of drug-likeness (QED) is 0.816. The maximum absolute atomic E-state index is 11.7. The Balaban J connectivity index is 2.53. The molecule has 0 unspecified atom stereocenters. The molecule has 0 aliphatic heterocycles.